The highest BCUT2D eigenvalue weighted by atomic mass is 16.5. The Hall–Kier alpha value is -2.69. The molecule has 27 heavy (non-hydrogen) atoms. The number of likely N-dealkylation sites (tertiary alicyclic amines) is 1. The molecule has 2 heterocycles. The minimum absolute atomic E-state index is 0.0686. The minimum atomic E-state index is -0.281. The van der Waals surface area contributed by atoms with Gasteiger partial charge in [-0.1, -0.05) is 36.4 Å². The Bertz CT molecular complexity index is 749. The van der Waals surface area contributed by atoms with Crippen LogP contribution in [0.2, 0.25) is 0 Å². The summed E-state index contributed by atoms with van der Waals surface area (Å²) < 4.78 is 5.17. The van der Waals surface area contributed by atoms with Gasteiger partial charge < -0.3 is 9.64 Å². The summed E-state index contributed by atoms with van der Waals surface area (Å²) in [5.41, 5.74) is 2.02. The molecule has 1 amide bonds. The molecule has 0 radical (unpaired) electrons. The summed E-state index contributed by atoms with van der Waals surface area (Å²) in [5.74, 6) is -0.633. The van der Waals surface area contributed by atoms with Gasteiger partial charge in [0.2, 0.25) is 5.91 Å². The molecule has 1 aliphatic rings. The third kappa shape index (κ3) is 4.94. The van der Waals surface area contributed by atoms with E-state index in [0.717, 1.165) is 24.0 Å². The molecular weight excluding hydrogens is 340 g/mol. The zero-order valence-corrected chi connectivity index (χ0v) is 15.7. The lowest BCUT2D eigenvalue weighted by atomic mass is 9.89. The van der Waals surface area contributed by atoms with Gasteiger partial charge in [-0.05, 0) is 43.4 Å². The van der Waals surface area contributed by atoms with Crippen LogP contribution in [0, 0.1) is 5.92 Å². The van der Waals surface area contributed by atoms with Gasteiger partial charge in [0.05, 0.1) is 18.4 Å². The van der Waals surface area contributed by atoms with Gasteiger partial charge in [0, 0.05) is 25.5 Å². The van der Waals surface area contributed by atoms with Crippen LogP contribution in [0.4, 0.5) is 0 Å². The smallest absolute Gasteiger partial charge is 0.310 e. The number of amides is 1. The quantitative estimate of drug-likeness (QED) is 0.737. The Balaban J connectivity index is 1.79. The van der Waals surface area contributed by atoms with Crippen molar-refractivity contribution in [1.29, 1.82) is 0 Å². The van der Waals surface area contributed by atoms with E-state index >= 15 is 0 Å². The lowest BCUT2D eigenvalue weighted by Crippen LogP contribution is -2.45. The molecule has 1 saturated heterocycles. The number of hydrogen-bond acceptors (Lipinski definition) is 4. The summed E-state index contributed by atoms with van der Waals surface area (Å²) in [5, 5.41) is 0. The highest BCUT2D eigenvalue weighted by Gasteiger charge is 2.33. The molecule has 2 unspecified atom stereocenters. The van der Waals surface area contributed by atoms with Crippen LogP contribution in [0.3, 0.4) is 0 Å². The van der Waals surface area contributed by atoms with Gasteiger partial charge in [-0.2, -0.15) is 0 Å². The number of carbonyl (C=O) groups excluding carboxylic acids is 2. The van der Waals surface area contributed by atoms with Crippen molar-refractivity contribution in [3.8, 4) is 0 Å². The van der Waals surface area contributed by atoms with Crippen LogP contribution in [0.15, 0.2) is 54.9 Å². The molecule has 0 aliphatic carbocycles. The molecule has 0 N–H and O–H groups in total. The van der Waals surface area contributed by atoms with Gasteiger partial charge in [0.15, 0.2) is 0 Å². The van der Waals surface area contributed by atoms with E-state index in [-0.39, 0.29) is 23.7 Å². The van der Waals surface area contributed by atoms with E-state index in [1.807, 2.05) is 54.3 Å². The maximum Gasteiger partial charge on any atom is 0.310 e. The van der Waals surface area contributed by atoms with Gasteiger partial charge >= 0.3 is 5.97 Å². The van der Waals surface area contributed by atoms with E-state index < -0.39 is 0 Å². The van der Waals surface area contributed by atoms with Crippen molar-refractivity contribution in [1.82, 2.24) is 9.88 Å². The first-order valence-corrected chi connectivity index (χ1v) is 9.58. The predicted molar refractivity (Wildman–Crippen MR) is 103 cm³/mol. The summed E-state index contributed by atoms with van der Waals surface area (Å²) in [6.07, 6.45) is 5.74. The standard InChI is InChI=1S/C22H26N2O3/c1-2-27-22(26)19-11-7-13-24(16-19)21(25)20(18-9-4-3-5-10-18)14-17-8-6-12-23-15-17/h3-6,8-10,12,15,19-20H,2,7,11,13-14,16H2,1H3. The maximum atomic E-state index is 13.4. The Morgan fingerprint density at radius 1 is 1.22 bits per heavy atom. The summed E-state index contributed by atoms with van der Waals surface area (Å²) in [6, 6.07) is 13.7. The number of benzene rings is 1. The number of rotatable bonds is 6. The molecule has 0 saturated carbocycles. The largest absolute Gasteiger partial charge is 0.466 e. The Morgan fingerprint density at radius 2 is 2.04 bits per heavy atom. The molecular formula is C22H26N2O3. The second-order valence-electron chi connectivity index (χ2n) is 6.90. The molecule has 2 aromatic rings. The molecule has 1 aromatic carbocycles. The number of hydrogen-bond donors (Lipinski definition) is 0. The van der Waals surface area contributed by atoms with Crippen LogP contribution in [0.1, 0.15) is 36.8 Å². The van der Waals surface area contributed by atoms with Crippen LogP contribution in [-0.4, -0.2) is 41.5 Å². The normalized spacial score (nSPS) is 18.0. The number of carbonyl (C=O) groups is 2. The molecule has 142 valence electrons. The van der Waals surface area contributed by atoms with Crippen molar-refractivity contribution in [3.63, 3.8) is 0 Å². The fourth-order valence-electron chi connectivity index (χ4n) is 3.64. The number of esters is 1. The molecule has 1 fully saturated rings. The number of aromatic nitrogens is 1. The van der Waals surface area contributed by atoms with E-state index in [1.165, 1.54) is 0 Å². The zero-order valence-electron chi connectivity index (χ0n) is 15.7. The molecule has 1 aliphatic heterocycles. The van der Waals surface area contributed by atoms with Crippen molar-refractivity contribution >= 4 is 11.9 Å². The molecule has 2 atom stereocenters. The SMILES string of the molecule is CCOC(=O)C1CCCN(C(=O)C(Cc2cccnc2)c2ccccc2)C1. The monoisotopic (exact) mass is 366 g/mol. The third-order valence-electron chi connectivity index (χ3n) is 5.02. The van der Waals surface area contributed by atoms with Crippen LogP contribution < -0.4 is 0 Å². The lowest BCUT2D eigenvalue weighted by Gasteiger charge is -2.34. The molecule has 5 heteroatoms. The Morgan fingerprint density at radius 3 is 2.74 bits per heavy atom. The number of nitrogens with zero attached hydrogens (tertiary/aromatic N) is 2. The van der Waals surface area contributed by atoms with E-state index in [1.54, 1.807) is 12.4 Å². The number of ether oxygens (including phenoxy) is 1. The third-order valence-corrected chi connectivity index (χ3v) is 5.02. The van der Waals surface area contributed by atoms with Crippen molar-refractivity contribution in [2.75, 3.05) is 19.7 Å². The van der Waals surface area contributed by atoms with Gasteiger partial charge in [-0.15, -0.1) is 0 Å². The molecule has 0 spiro atoms. The first-order chi connectivity index (χ1) is 13.2. The van der Waals surface area contributed by atoms with Gasteiger partial charge in [-0.25, -0.2) is 0 Å². The summed E-state index contributed by atoms with van der Waals surface area (Å²) in [4.78, 5) is 31.5. The van der Waals surface area contributed by atoms with Gasteiger partial charge in [-0.3, -0.25) is 14.6 Å². The second kappa shape index (κ2) is 9.31. The van der Waals surface area contributed by atoms with Crippen LogP contribution >= 0.6 is 0 Å². The average molecular weight is 366 g/mol. The topological polar surface area (TPSA) is 59.5 Å². The Labute approximate surface area is 160 Å². The zero-order chi connectivity index (χ0) is 19.1. The second-order valence-corrected chi connectivity index (χ2v) is 6.90. The number of piperidine rings is 1. The highest BCUT2D eigenvalue weighted by molar-refractivity contribution is 5.85. The van der Waals surface area contributed by atoms with Crippen molar-refractivity contribution < 1.29 is 14.3 Å². The lowest BCUT2D eigenvalue weighted by molar-refractivity contribution is -0.151. The van der Waals surface area contributed by atoms with Crippen molar-refractivity contribution in [2.24, 2.45) is 5.92 Å². The van der Waals surface area contributed by atoms with Crippen molar-refractivity contribution in [3.05, 3.63) is 66.0 Å². The van der Waals surface area contributed by atoms with E-state index in [4.69, 9.17) is 4.74 Å². The van der Waals surface area contributed by atoms with Crippen molar-refractivity contribution in [2.45, 2.75) is 32.1 Å². The van der Waals surface area contributed by atoms with Gasteiger partial charge in [0.1, 0.15) is 0 Å². The van der Waals surface area contributed by atoms with Gasteiger partial charge in [0.25, 0.3) is 0 Å². The highest BCUT2D eigenvalue weighted by Crippen LogP contribution is 2.26. The van der Waals surface area contributed by atoms with E-state index in [2.05, 4.69) is 4.98 Å². The summed E-state index contributed by atoms with van der Waals surface area (Å²) >= 11 is 0. The Kier molecular flexibility index (Phi) is 6.58. The first-order valence-electron chi connectivity index (χ1n) is 9.58. The minimum Gasteiger partial charge on any atom is -0.466 e. The van der Waals surface area contributed by atoms with E-state index in [0.29, 0.717) is 26.1 Å². The van der Waals surface area contributed by atoms with Crippen LogP contribution in [0.5, 0.6) is 0 Å². The fourth-order valence-corrected chi connectivity index (χ4v) is 3.64. The molecule has 1 aromatic heterocycles. The summed E-state index contributed by atoms with van der Waals surface area (Å²) in [7, 11) is 0. The van der Waals surface area contributed by atoms with Crippen LogP contribution in [0.25, 0.3) is 0 Å². The predicted octanol–water partition coefficient (Wildman–Crippen LogP) is 3.21. The molecule has 3 rings (SSSR count). The van der Waals surface area contributed by atoms with E-state index in [9.17, 15) is 9.59 Å². The molecule has 5 nitrogen and oxygen atoms in total. The average Bonchev–Trinajstić information content (AvgIpc) is 2.73. The summed E-state index contributed by atoms with van der Waals surface area (Å²) in [6.45, 7) is 3.30. The first kappa shape index (κ1) is 19.1. The number of pyridine rings is 1. The molecule has 0 bridgehead atoms. The maximum absolute atomic E-state index is 13.4. The fraction of sp³-hybridized carbons (Fsp3) is 0.409. The van der Waals surface area contributed by atoms with Crippen LogP contribution in [-0.2, 0) is 20.7 Å².